The van der Waals surface area contributed by atoms with E-state index in [-0.39, 0.29) is 12.0 Å². The van der Waals surface area contributed by atoms with Gasteiger partial charge in [-0.25, -0.2) is 0 Å². The zero-order valence-electron chi connectivity index (χ0n) is 13.0. The first kappa shape index (κ1) is 16.5. The Morgan fingerprint density at radius 1 is 1.42 bits per heavy atom. The molecule has 0 unspecified atom stereocenters. The Morgan fingerprint density at radius 2 is 2.00 bits per heavy atom. The van der Waals surface area contributed by atoms with Gasteiger partial charge >= 0.3 is 0 Å². The van der Waals surface area contributed by atoms with Gasteiger partial charge in [0, 0.05) is 4.91 Å². The van der Waals surface area contributed by atoms with E-state index in [1.807, 2.05) is 20.8 Å². The Hall–Kier alpha value is -0.553. The van der Waals surface area contributed by atoms with Crippen LogP contribution < -0.4 is 0 Å². The molecule has 110 valence electrons. The molecule has 1 saturated carbocycles. The van der Waals surface area contributed by atoms with Crippen LogP contribution in [0.15, 0.2) is 5.11 Å². The Bertz CT molecular complexity index is 369. The van der Waals surface area contributed by atoms with Crippen LogP contribution in [0.2, 0.25) is 19.6 Å². The molecule has 19 heavy (non-hydrogen) atoms. The fraction of sp³-hybridized carbons (Fsp3) is 1.00. The standard InChI is InChI=1S/C13H27N3O2Si/c1-12(2,17)10-7-8-13(3,18-19(4,5)6)11(9-10)15-16-14/h10-11,17H,7-9H2,1-6H3/t10-,11+,13+/m1/s1. The van der Waals surface area contributed by atoms with Gasteiger partial charge in [0.25, 0.3) is 0 Å². The molecule has 0 spiro atoms. The maximum atomic E-state index is 10.2. The first-order chi connectivity index (χ1) is 8.48. The summed E-state index contributed by atoms with van der Waals surface area (Å²) >= 11 is 0. The van der Waals surface area contributed by atoms with Crippen molar-refractivity contribution in [2.75, 3.05) is 0 Å². The lowest BCUT2D eigenvalue weighted by atomic mass is 9.71. The van der Waals surface area contributed by atoms with Crippen LogP contribution >= 0.6 is 0 Å². The molecule has 0 aliphatic heterocycles. The molecule has 1 rings (SSSR count). The van der Waals surface area contributed by atoms with Crippen molar-refractivity contribution in [3.63, 3.8) is 0 Å². The number of hydrogen-bond acceptors (Lipinski definition) is 3. The fourth-order valence-electron chi connectivity index (χ4n) is 2.96. The van der Waals surface area contributed by atoms with E-state index in [0.29, 0.717) is 6.42 Å². The van der Waals surface area contributed by atoms with Gasteiger partial charge < -0.3 is 9.53 Å². The summed E-state index contributed by atoms with van der Waals surface area (Å²) in [6.45, 7) is 12.1. The normalized spacial score (nSPS) is 32.8. The molecular formula is C13H27N3O2Si. The molecule has 0 radical (unpaired) electrons. The molecule has 0 aromatic carbocycles. The molecule has 3 atom stereocenters. The van der Waals surface area contributed by atoms with Crippen LogP contribution in [0, 0.1) is 5.92 Å². The van der Waals surface area contributed by atoms with E-state index in [4.69, 9.17) is 9.96 Å². The molecule has 0 bridgehead atoms. The molecule has 0 aromatic rings. The summed E-state index contributed by atoms with van der Waals surface area (Å²) in [7, 11) is -1.70. The highest BCUT2D eigenvalue weighted by Gasteiger charge is 2.45. The number of azide groups is 1. The van der Waals surface area contributed by atoms with Gasteiger partial charge in [0.1, 0.15) is 0 Å². The van der Waals surface area contributed by atoms with Crippen LogP contribution in [0.25, 0.3) is 10.4 Å². The lowest BCUT2D eigenvalue weighted by molar-refractivity contribution is -0.0544. The second-order valence-corrected chi connectivity index (χ2v) is 11.8. The lowest BCUT2D eigenvalue weighted by Gasteiger charge is -2.47. The van der Waals surface area contributed by atoms with Crippen molar-refractivity contribution in [3.8, 4) is 0 Å². The monoisotopic (exact) mass is 285 g/mol. The third kappa shape index (κ3) is 4.49. The van der Waals surface area contributed by atoms with Gasteiger partial charge in [-0.05, 0) is 71.1 Å². The Labute approximate surface area is 117 Å². The van der Waals surface area contributed by atoms with E-state index in [2.05, 4.69) is 29.7 Å². The first-order valence-electron chi connectivity index (χ1n) is 6.95. The van der Waals surface area contributed by atoms with E-state index < -0.39 is 19.5 Å². The van der Waals surface area contributed by atoms with Crippen LogP contribution in [0.1, 0.15) is 40.0 Å². The topological polar surface area (TPSA) is 78.2 Å². The van der Waals surface area contributed by atoms with Crippen molar-refractivity contribution in [1.82, 2.24) is 0 Å². The summed E-state index contributed by atoms with van der Waals surface area (Å²) in [5.74, 6) is 0.154. The van der Waals surface area contributed by atoms with Gasteiger partial charge in [0.05, 0.1) is 17.2 Å². The molecule has 1 aliphatic rings. The van der Waals surface area contributed by atoms with E-state index in [0.717, 1.165) is 12.8 Å². The Balaban J connectivity index is 2.93. The SMILES string of the molecule is CC(C)(O)[C@@H]1CC[C@](C)(O[Si](C)(C)C)[C@@H](N=[N+]=[N-])C1. The summed E-state index contributed by atoms with van der Waals surface area (Å²) in [6, 6.07) is -0.200. The third-order valence-corrected chi connectivity index (χ3v) is 5.01. The summed E-state index contributed by atoms with van der Waals surface area (Å²) in [5, 5.41) is 14.1. The minimum atomic E-state index is -1.70. The first-order valence-corrected chi connectivity index (χ1v) is 10.4. The minimum absolute atomic E-state index is 0.154. The average Bonchev–Trinajstić information content (AvgIpc) is 2.17. The highest BCUT2D eigenvalue weighted by Crippen LogP contribution is 2.42. The quantitative estimate of drug-likeness (QED) is 0.368. The van der Waals surface area contributed by atoms with Crippen LogP contribution in [-0.4, -0.2) is 30.7 Å². The molecule has 6 heteroatoms. The largest absolute Gasteiger partial charge is 0.412 e. The molecule has 0 heterocycles. The molecule has 5 nitrogen and oxygen atoms in total. The fourth-order valence-corrected chi connectivity index (χ4v) is 4.59. The van der Waals surface area contributed by atoms with Gasteiger partial charge in [-0.2, -0.15) is 0 Å². The van der Waals surface area contributed by atoms with Crippen molar-refractivity contribution in [3.05, 3.63) is 10.4 Å². The van der Waals surface area contributed by atoms with Crippen LogP contribution in [0.5, 0.6) is 0 Å². The van der Waals surface area contributed by atoms with Gasteiger partial charge in [-0.15, -0.1) is 0 Å². The zero-order valence-corrected chi connectivity index (χ0v) is 14.0. The molecule has 1 aliphatic carbocycles. The molecule has 0 saturated heterocycles. The zero-order chi connectivity index (χ0) is 14.9. The smallest absolute Gasteiger partial charge is 0.184 e. The van der Waals surface area contributed by atoms with Gasteiger partial charge in [-0.1, -0.05) is 5.11 Å². The molecule has 1 N–H and O–H groups in total. The number of rotatable bonds is 4. The third-order valence-electron chi connectivity index (χ3n) is 3.93. The van der Waals surface area contributed by atoms with Crippen molar-refractivity contribution in [1.29, 1.82) is 0 Å². The van der Waals surface area contributed by atoms with Gasteiger partial charge in [0.2, 0.25) is 0 Å². The second kappa shape index (κ2) is 5.44. The molecule has 0 aromatic heterocycles. The summed E-state index contributed by atoms with van der Waals surface area (Å²) in [5.41, 5.74) is 7.67. The maximum Gasteiger partial charge on any atom is 0.184 e. The average molecular weight is 285 g/mol. The predicted octanol–water partition coefficient (Wildman–Crippen LogP) is 3.85. The van der Waals surface area contributed by atoms with Crippen molar-refractivity contribution in [2.45, 2.75) is 76.9 Å². The van der Waals surface area contributed by atoms with Crippen LogP contribution in [0.4, 0.5) is 0 Å². The minimum Gasteiger partial charge on any atom is -0.412 e. The van der Waals surface area contributed by atoms with Crippen molar-refractivity contribution in [2.24, 2.45) is 11.0 Å². The van der Waals surface area contributed by atoms with Gasteiger partial charge in [-0.3, -0.25) is 0 Å². The van der Waals surface area contributed by atoms with E-state index >= 15 is 0 Å². The van der Waals surface area contributed by atoms with E-state index in [1.54, 1.807) is 0 Å². The summed E-state index contributed by atoms with van der Waals surface area (Å²) in [6.07, 6.45) is 2.42. The highest BCUT2D eigenvalue weighted by molar-refractivity contribution is 6.69. The number of aliphatic hydroxyl groups is 1. The van der Waals surface area contributed by atoms with E-state index in [9.17, 15) is 5.11 Å². The summed E-state index contributed by atoms with van der Waals surface area (Å²) < 4.78 is 6.28. The van der Waals surface area contributed by atoms with Crippen LogP contribution in [0.3, 0.4) is 0 Å². The Morgan fingerprint density at radius 3 is 2.42 bits per heavy atom. The molecular weight excluding hydrogens is 258 g/mol. The summed E-state index contributed by atoms with van der Waals surface area (Å²) in [4.78, 5) is 2.98. The Kier molecular flexibility index (Phi) is 4.73. The molecule has 1 fully saturated rings. The molecule has 0 amide bonds. The van der Waals surface area contributed by atoms with Crippen molar-refractivity contribution < 1.29 is 9.53 Å². The highest BCUT2D eigenvalue weighted by atomic mass is 28.4. The lowest BCUT2D eigenvalue weighted by Crippen LogP contribution is -2.53. The predicted molar refractivity (Wildman–Crippen MR) is 79.4 cm³/mol. The van der Waals surface area contributed by atoms with Crippen molar-refractivity contribution >= 4 is 8.32 Å². The van der Waals surface area contributed by atoms with E-state index in [1.165, 1.54) is 0 Å². The maximum absolute atomic E-state index is 10.2. The number of nitrogens with zero attached hydrogens (tertiary/aromatic N) is 3. The van der Waals surface area contributed by atoms with Crippen LogP contribution in [-0.2, 0) is 4.43 Å². The van der Waals surface area contributed by atoms with Gasteiger partial charge in [0.15, 0.2) is 8.32 Å². The second-order valence-electron chi connectivity index (χ2n) is 7.37. The number of hydrogen-bond donors (Lipinski definition) is 1.